The van der Waals surface area contributed by atoms with Gasteiger partial charge in [-0.15, -0.1) is 0 Å². The molecule has 0 atom stereocenters. The van der Waals surface area contributed by atoms with Gasteiger partial charge in [-0.05, 0) is 25.1 Å². The minimum Gasteiger partial charge on any atom is -0.495 e. The molecule has 0 radical (unpaired) electrons. The molecule has 0 saturated carbocycles. The van der Waals surface area contributed by atoms with Crippen molar-refractivity contribution in [3.05, 3.63) is 23.8 Å². The average Bonchev–Trinajstić information content (AvgIpc) is 2.38. The number of anilines is 1. The first-order valence-electron chi connectivity index (χ1n) is 5.39. The van der Waals surface area contributed by atoms with Crippen molar-refractivity contribution in [2.24, 2.45) is 0 Å². The van der Waals surface area contributed by atoms with Crippen LogP contribution in [0.3, 0.4) is 0 Å². The molecule has 0 aromatic heterocycles. The lowest BCUT2D eigenvalue weighted by Crippen LogP contribution is -2.25. The molecular weight excluding hydrogens is 254 g/mol. The van der Waals surface area contributed by atoms with Crippen LogP contribution in [0.5, 0.6) is 5.75 Å². The van der Waals surface area contributed by atoms with Gasteiger partial charge in [0, 0.05) is 0 Å². The summed E-state index contributed by atoms with van der Waals surface area (Å²) in [6.45, 7) is 1.63. The fourth-order valence-corrected chi connectivity index (χ4v) is 1.31. The molecule has 102 valence electrons. The van der Waals surface area contributed by atoms with E-state index in [2.05, 4.69) is 10.1 Å². The number of rotatable bonds is 4. The fourth-order valence-electron chi connectivity index (χ4n) is 1.31. The van der Waals surface area contributed by atoms with E-state index in [0.29, 0.717) is 0 Å². The molecule has 1 rings (SSSR count). The topological polar surface area (TPSA) is 102 Å². The highest BCUT2D eigenvalue weighted by Gasteiger charge is 2.18. The Labute approximate surface area is 109 Å². The number of carbonyl (C=O) groups is 3. The Morgan fingerprint density at radius 3 is 2.53 bits per heavy atom. The Bertz CT molecular complexity index is 511. The van der Waals surface area contributed by atoms with E-state index in [1.807, 2.05) is 0 Å². The first-order valence-corrected chi connectivity index (χ1v) is 5.39. The van der Waals surface area contributed by atoms with Gasteiger partial charge in [-0.1, -0.05) is 0 Å². The van der Waals surface area contributed by atoms with Crippen molar-refractivity contribution in [3.8, 4) is 5.75 Å². The molecule has 2 N–H and O–H groups in total. The Morgan fingerprint density at radius 1 is 1.32 bits per heavy atom. The van der Waals surface area contributed by atoms with Crippen molar-refractivity contribution in [1.29, 1.82) is 0 Å². The number of carboxylic acid groups (broad SMARTS) is 1. The second-order valence-corrected chi connectivity index (χ2v) is 3.39. The molecule has 7 nitrogen and oxygen atoms in total. The van der Waals surface area contributed by atoms with E-state index in [-0.39, 0.29) is 23.6 Å². The van der Waals surface area contributed by atoms with Gasteiger partial charge in [0.2, 0.25) is 0 Å². The molecular formula is C12H13NO6. The highest BCUT2D eigenvalue weighted by molar-refractivity contribution is 6.37. The van der Waals surface area contributed by atoms with Crippen LogP contribution in [0.25, 0.3) is 0 Å². The third-order valence-corrected chi connectivity index (χ3v) is 2.16. The summed E-state index contributed by atoms with van der Waals surface area (Å²) in [5.41, 5.74) is 0.0420. The zero-order valence-corrected chi connectivity index (χ0v) is 10.4. The third-order valence-electron chi connectivity index (χ3n) is 2.16. The number of benzene rings is 1. The summed E-state index contributed by atoms with van der Waals surface area (Å²) < 4.78 is 9.48. The summed E-state index contributed by atoms with van der Waals surface area (Å²) in [5.74, 6) is -2.97. The minimum absolute atomic E-state index is 0.0417. The standard InChI is InChI=1S/C12H13NO6/c1-3-19-12(17)10(14)13-8-6-7(11(15)16)4-5-9(8)18-2/h4-6H,3H2,1-2H3,(H,13,14)(H,15,16). The Morgan fingerprint density at radius 2 is 2.00 bits per heavy atom. The number of aromatic carboxylic acids is 1. The molecule has 0 aliphatic rings. The molecule has 19 heavy (non-hydrogen) atoms. The van der Waals surface area contributed by atoms with E-state index >= 15 is 0 Å². The summed E-state index contributed by atoms with van der Waals surface area (Å²) in [6, 6.07) is 3.89. The largest absolute Gasteiger partial charge is 0.495 e. The quantitative estimate of drug-likeness (QED) is 0.620. The number of ether oxygens (including phenoxy) is 2. The molecule has 0 heterocycles. The van der Waals surface area contributed by atoms with E-state index in [4.69, 9.17) is 9.84 Å². The van der Waals surface area contributed by atoms with Crippen LogP contribution in [0.2, 0.25) is 0 Å². The van der Waals surface area contributed by atoms with Crippen LogP contribution in [-0.2, 0) is 14.3 Å². The lowest BCUT2D eigenvalue weighted by molar-refractivity contribution is -0.152. The van der Waals surface area contributed by atoms with Crippen molar-refractivity contribution in [3.63, 3.8) is 0 Å². The van der Waals surface area contributed by atoms with E-state index in [1.54, 1.807) is 6.92 Å². The Kier molecular flexibility index (Phi) is 4.87. The van der Waals surface area contributed by atoms with Gasteiger partial charge in [0.1, 0.15) is 5.75 Å². The maximum absolute atomic E-state index is 11.5. The first kappa shape index (κ1) is 14.5. The summed E-state index contributed by atoms with van der Waals surface area (Å²) in [4.78, 5) is 33.5. The van der Waals surface area contributed by atoms with Gasteiger partial charge in [-0.2, -0.15) is 0 Å². The number of nitrogens with one attached hydrogen (secondary N) is 1. The number of amides is 1. The van der Waals surface area contributed by atoms with Gasteiger partial charge in [-0.25, -0.2) is 9.59 Å². The molecule has 7 heteroatoms. The van der Waals surface area contributed by atoms with Gasteiger partial charge in [0.15, 0.2) is 0 Å². The highest BCUT2D eigenvalue weighted by Crippen LogP contribution is 2.25. The second kappa shape index (κ2) is 6.39. The minimum atomic E-state index is -1.16. The molecule has 0 spiro atoms. The monoisotopic (exact) mass is 267 g/mol. The first-order chi connectivity index (χ1) is 8.99. The number of carboxylic acids is 1. The van der Waals surface area contributed by atoms with Crippen LogP contribution in [-0.4, -0.2) is 36.7 Å². The van der Waals surface area contributed by atoms with Crippen LogP contribution in [0, 0.1) is 0 Å². The predicted molar refractivity (Wildman–Crippen MR) is 65.2 cm³/mol. The molecule has 1 aromatic carbocycles. The molecule has 1 aromatic rings. The smallest absolute Gasteiger partial charge is 0.397 e. The molecule has 0 bridgehead atoms. The lowest BCUT2D eigenvalue weighted by Gasteiger charge is -2.10. The fraction of sp³-hybridized carbons (Fsp3) is 0.250. The average molecular weight is 267 g/mol. The summed E-state index contributed by atoms with van der Waals surface area (Å²) in [5, 5.41) is 11.1. The van der Waals surface area contributed by atoms with Crippen LogP contribution < -0.4 is 10.1 Å². The van der Waals surface area contributed by atoms with Gasteiger partial charge < -0.3 is 19.9 Å². The van der Waals surface area contributed by atoms with Crippen molar-refractivity contribution < 1.29 is 29.0 Å². The summed E-state index contributed by atoms with van der Waals surface area (Å²) in [7, 11) is 1.36. The molecule has 0 aliphatic heterocycles. The summed E-state index contributed by atoms with van der Waals surface area (Å²) >= 11 is 0. The molecule has 0 aliphatic carbocycles. The van der Waals surface area contributed by atoms with E-state index in [9.17, 15) is 14.4 Å². The second-order valence-electron chi connectivity index (χ2n) is 3.39. The SMILES string of the molecule is CCOC(=O)C(=O)Nc1cc(C(=O)O)ccc1OC. The van der Waals surface area contributed by atoms with Gasteiger partial charge in [0.25, 0.3) is 0 Å². The molecule has 0 fully saturated rings. The zero-order chi connectivity index (χ0) is 14.4. The molecule has 0 unspecified atom stereocenters. The van der Waals surface area contributed by atoms with Gasteiger partial charge >= 0.3 is 17.8 Å². The molecule has 0 saturated heterocycles. The van der Waals surface area contributed by atoms with Gasteiger partial charge in [-0.3, -0.25) is 4.79 Å². The van der Waals surface area contributed by atoms with Crippen molar-refractivity contribution in [2.45, 2.75) is 6.92 Å². The number of hydrogen-bond acceptors (Lipinski definition) is 5. The summed E-state index contributed by atoms with van der Waals surface area (Å²) in [6.07, 6.45) is 0. The predicted octanol–water partition coefficient (Wildman–Crippen LogP) is 0.895. The number of hydrogen-bond donors (Lipinski definition) is 2. The van der Waals surface area contributed by atoms with E-state index in [1.165, 1.54) is 25.3 Å². The van der Waals surface area contributed by atoms with Crippen molar-refractivity contribution >= 4 is 23.5 Å². The molecule has 1 amide bonds. The van der Waals surface area contributed by atoms with E-state index < -0.39 is 17.8 Å². The maximum Gasteiger partial charge on any atom is 0.397 e. The number of carbonyl (C=O) groups excluding carboxylic acids is 2. The van der Waals surface area contributed by atoms with Crippen LogP contribution >= 0.6 is 0 Å². The highest BCUT2D eigenvalue weighted by atomic mass is 16.5. The number of esters is 1. The third kappa shape index (κ3) is 3.70. The zero-order valence-electron chi connectivity index (χ0n) is 10.4. The number of methoxy groups -OCH3 is 1. The Hall–Kier alpha value is -2.57. The lowest BCUT2D eigenvalue weighted by atomic mass is 10.2. The van der Waals surface area contributed by atoms with Crippen LogP contribution in [0.4, 0.5) is 5.69 Å². The van der Waals surface area contributed by atoms with Crippen LogP contribution in [0.15, 0.2) is 18.2 Å². The maximum atomic E-state index is 11.5. The van der Waals surface area contributed by atoms with Crippen molar-refractivity contribution in [2.75, 3.05) is 19.0 Å². The van der Waals surface area contributed by atoms with Crippen molar-refractivity contribution in [1.82, 2.24) is 0 Å². The van der Waals surface area contributed by atoms with Crippen LogP contribution in [0.1, 0.15) is 17.3 Å². The van der Waals surface area contributed by atoms with E-state index in [0.717, 1.165) is 0 Å². The Balaban J connectivity index is 2.98. The van der Waals surface area contributed by atoms with Gasteiger partial charge in [0.05, 0.1) is 25.0 Å². The normalized spacial score (nSPS) is 9.58.